The summed E-state index contributed by atoms with van der Waals surface area (Å²) in [7, 11) is 1.24. The van der Waals surface area contributed by atoms with Gasteiger partial charge in [-0.05, 0) is 24.3 Å². The standard InChI is InChI=1S/C16H19F2N3O4S/c1-25-14(23)8-12-15(24)19-6-7-21(12)9-13(22)20-10-2-4-11(5-3-10)26-16(17)18/h2-5,12,16H,6-9H2,1H3,(H,19,24)(H,20,22)/p+1/t12-/m1/s1. The molecular formula is C16H20F2N3O4S+. The maximum absolute atomic E-state index is 12.3. The van der Waals surface area contributed by atoms with Crippen LogP contribution >= 0.6 is 11.8 Å². The lowest BCUT2D eigenvalue weighted by atomic mass is 10.1. The summed E-state index contributed by atoms with van der Waals surface area (Å²) in [5.41, 5.74) is 0.471. The molecule has 1 aliphatic rings. The molecule has 1 saturated heterocycles. The summed E-state index contributed by atoms with van der Waals surface area (Å²) in [6.07, 6.45) is -0.107. The lowest BCUT2D eigenvalue weighted by Gasteiger charge is -2.30. The van der Waals surface area contributed by atoms with E-state index < -0.39 is 17.8 Å². The molecule has 10 heteroatoms. The zero-order valence-corrected chi connectivity index (χ0v) is 14.9. The van der Waals surface area contributed by atoms with E-state index in [2.05, 4.69) is 15.4 Å². The van der Waals surface area contributed by atoms with E-state index >= 15 is 0 Å². The van der Waals surface area contributed by atoms with Crippen molar-refractivity contribution in [1.82, 2.24) is 5.32 Å². The zero-order valence-electron chi connectivity index (χ0n) is 14.1. The van der Waals surface area contributed by atoms with Crippen LogP contribution in [-0.2, 0) is 19.1 Å². The summed E-state index contributed by atoms with van der Waals surface area (Å²) >= 11 is 0.424. The van der Waals surface area contributed by atoms with E-state index in [4.69, 9.17) is 0 Å². The van der Waals surface area contributed by atoms with Gasteiger partial charge in [0.05, 0.1) is 20.2 Å². The lowest BCUT2D eigenvalue weighted by Crippen LogP contribution is -3.20. The van der Waals surface area contributed by atoms with Crippen molar-refractivity contribution in [2.45, 2.75) is 23.1 Å². The van der Waals surface area contributed by atoms with Crippen LogP contribution in [0.3, 0.4) is 0 Å². The number of hydrogen-bond donors (Lipinski definition) is 3. The Morgan fingerprint density at radius 3 is 2.69 bits per heavy atom. The zero-order chi connectivity index (χ0) is 19.1. The fraction of sp³-hybridized carbons (Fsp3) is 0.438. The second-order valence-corrected chi connectivity index (χ2v) is 6.72. The van der Waals surface area contributed by atoms with Gasteiger partial charge < -0.3 is 20.3 Å². The molecule has 1 aromatic rings. The molecule has 1 aromatic carbocycles. The summed E-state index contributed by atoms with van der Waals surface area (Å²) in [4.78, 5) is 36.8. The fourth-order valence-corrected chi connectivity index (χ4v) is 3.16. The first-order chi connectivity index (χ1) is 12.4. The second-order valence-electron chi connectivity index (χ2n) is 5.66. The van der Waals surface area contributed by atoms with E-state index in [0.717, 1.165) is 0 Å². The molecule has 0 aromatic heterocycles. The van der Waals surface area contributed by atoms with Crippen LogP contribution in [0.4, 0.5) is 14.5 Å². The average Bonchev–Trinajstić information content (AvgIpc) is 2.59. The van der Waals surface area contributed by atoms with Gasteiger partial charge in [-0.25, -0.2) is 0 Å². The third kappa shape index (κ3) is 5.95. The molecule has 1 heterocycles. The number of halogens is 2. The molecule has 0 bridgehead atoms. The Hall–Kier alpha value is -2.20. The molecule has 142 valence electrons. The number of carbonyl (C=O) groups is 3. The Balaban J connectivity index is 1.94. The Bertz CT molecular complexity index is 657. The van der Waals surface area contributed by atoms with Crippen LogP contribution < -0.4 is 15.5 Å². The number of ether oxygens (including phenoxy) is 1. The minimum atomic E-state index is -2.50. The van der Waals surface area contributed by atoms with E-state index in [1.54, 1.807) is 0 Å². The summed E-state index contributed by atoms with van der Waals surface area (Å²) < 4.78 is 29.2. The van der Waals surface area contributed by atoms with Crippen LogP contribution in [0.1, 0.15) is 6.42 Å². The molecule has 1 fully saturated rings. The number of nitrogens with one attached hydrogen (secondary N) is 3. The van der Waals surface area contributed by atoms with Crippen LogP contribution in [-0.4, -0.2) is 56.3 Å². The van der Waals surface area contributed by atoms with Gasteiger partial charge in [-0.3, -0.25) is 14.4 Å². The largest absolute Gasteiger partial charge is 0.469 e. The first-order valence-electron chi connectivity index (χ1n) is 7.93. The topological polar surface area (TPSA) is 88.9 Å². The normalized spacial score (nSPS) is 19.8. The highest BCUT2D eigenvalue weighted by Gasteiger charge is 2.36. The van der Waals surface area contributed by atoms with Crippen molar-refractivity contribution in [2.75, 3.05) is 32.1 Å². The lowest BCUT2D eigenvalue weighted by molar-refractivity contribution is -0.909. The molecule has 2 rings (SSSR count). The molecule has 0 saturated carbocycles. The van der Waals surface area contributed by atoms with Crippen LogP contribution in [0.15, 0.2) is 29.2 Å². The van der Waals surface area contributed by atoms with Crippen LogP contribution in [0, 0.1) is 0 Å². The quantitative estimate of drug-likeness (QED) is 0.448. The van der Waals surface area contributed by atoms with Gasteiger partial charge in [0.1, 0.15) is 6.42 Å². The van der Waals surface area contributed by atoms with Gasteiger partial charge in [0.25, 0.3) is 17.6 Å². The average molecular weight is 388 g/mol. The van der Waals surface area contributed by atoms with E-state index in [1.807, 2.05) is 0 Å². The minimum absolute atomic E-state index is 0.00260. The van der Waals surface area contributed by atoms with Crippen molar-refractivity contribution < 1.29 is 32.8 Å². The molecule has 0 spiro atoms. The molecule has 2 atom stereocenters. The number of methoxy groups -OCH3 is 1. The van der Waals surface area contributed by atoms with Gasteiger partial charge in [-0.2, -0.15) is 8.78 Å². The van der Waals surface area contributed by atoms with E-state index in [1.165, 1.54) is 31.4 Å². The number of anilines is 1. The maximum atomic E-state index is 12.3. The van der Waals surface area contributed by atoms with Crippen molar-refractivity contribution in [3.05, 3.63) is 24.3 Å². The highest BCUT2D eigenvalue weighted by molar-refractivity contribution is 7.99. The fourth-order valence-electron chi connectivity index (χ4n) is 2.66. The molecule has 1 unspecified atom stereocenters. The van der Waals surface area contributed by atoms with Crippen LogP contribution in [0.25, 0.3) is 0 Å². The molecule has 26 heavy (non-hydrogen) atoms. The number of esters is 1. The Morgan fingerprint density at radius 2 is 2.08 bits per heavy atom. The van der Waals surface area contributed by atoms with Gasteiger partial charge in [-0.1, -0.05) is 11.8 Å². The van der Waals surface area contributed by atoms with Gasteiger partial charge in [0.15, 0.2) is 12.6 Å². The van der Waals surface area contributed by atoms with Crippen molar-refractivity contribution in [1.29, 1.82) is 0 Å². The van der Waals surface area contributed by atoms with Crippen molar-refractivity contribution in [3.8, 4) is 0 Å². The van der Waals surface area contributed by atoms with Gasteiger partial charge in [-0.15, -0.1) is 0 Å². The molecule has 3 N–H and O–H groups in total. The molecule has 1 aliphatic heterocycles. The number of quaternary nitrogens is 1. The molecular weight excluding hydrogens is 368 g/mol. The molecule has 2 amide bonds. The first kappa shape index (κ1) is 20.1. The summed E-state index contributed by atoms with van der Waals surface area (Å²) in [5.74, 6) is -3.65. The van der Waals surface area contributed by atoms with Gasteiger partial charge in [0.2, 0.25) is 0 Å². The van der Waals surface area contributed by atoms with E-state index in [-0.39, 0.29) is 24.8 Å². The summed E-state index contributed by atoms with van der Waals surface area (Å²) in [5, 5.41) is 5.34. The smallest absolute Gasteiger partial charge is 0.312 e. The first-order valence-corrected chi connectivity index (χ1v) is 8.81. The number of carbonyl (C=O) groups excluding carboxylic acids is 3. The van der Waals surface area contributed by atoms with Crippen molar-refractivity contribution in [2.24, 2.45) is 0 Å². The molecule has 0 aliphatic carbocycles. The van der Waals surface area contributed by atoms with Gasteiger partial charge in [0, 0.05) is 10.6 Å². The number of benzene rings is 1. The molecule has 0 radical (unpaired) electrons. The summed E-state index contributed by atoms with van der Waals surface area (Å²) in [6, 6.07) is 5.37. The highest BCUT2D eigenvalue weighted by atomic mass is 32.2. The number of alkyl halides is 2. The third-order valence-electron chi connectivity index (χ3n) is 3.90. The number of hydrogen-bond acceptors (Lipinski definition) is 5. The maximum Gasteiger partial charge on any atom is 0.312 e. The number of amides is 2. The minimum Gasteiger partial charge on any atom is -0.469 e. The Morgan fingerprint density at radius 1 is 1.38 bits per heavy atom. The highest BCUT2D eigenvalue weighted by Crippen LogP contribution is 2.26. The van der Waals surface area contributed by atoms with E-state index in [0.29, 0.717) is 40.3 Å². The summed E-state index contributed by atoms with van der Waals surface area (Å²) in [6.45, 7) is 0.923. The predicted octanol–water partition coefficient (Wildman–Crippen LogP) is -0.114. The SMILES string of the molecule is COC(=O)C[C@@H]1C(=O)NCC[NH+]1CC(=O)Nc1ccc(SC(F)F)cc1. The number of piperazine rings is 1. The Labute approximate surface area is 153 Å². The van der Waals surface area contributed by atoms with Crippen molar-refractivity contribution >= 4 is 35.2 Å². The second kappa shape index (κ2) is 9.48. The number of thioether (sulfide) groups is 1. The predicted molar refractivity (Wildman–Crippen MR) is 91.1 cm³/mol. The number of rotatable bonds is 7. The van der Waals surface area contributed by atoms with Crippen molar-refractivity contribution in [3.63, 3.8) is 0 Å². The van der Waals surface area contributed by atoms with Gasteiger partial charge >= 0.3 is 5.97 Å². The van der Waals surface area contributed by atoms with Crippen LogP contribution in [0.5, 0.6) is 0 Å². The van der Waals surface area contributed by atoms with Crippen LogP contribution in [0.2, 0.25) is 0 Å². The van der Waals surface area contributed by atoms with E-state index in [9.17, 15) is 23.2 Å². The Kier molecular flexibility index (Phi) is 7.34. The monoisotopic (exact) mass is 388 g/mol. The third-order valence-corrected chi connectivity index (χ3v) is 4.63. The molecule has 7 nitrogen and oxygen atoms in total.